The number of carbonyl (C=O) groups excluding carboxylic acids is 3. The Kier molecular flexibility index (Phi) is 2.36. The van der Waals surface area contributed by atoms with Crippen molar-refractivity contribution in [3.63, 3.8) is 0 Å². The maximum absolute atomic E-state index is 11.2. The van der Waals surface area contributed by atoms with Crippen molar-refractivity contribution in [3.05, 3.63) is 0 Å². The van der Waals surface area contributed by atoms with E-state index in [1.165, 1.54) is 14.2 Å². The van der Waals surface area contributed by atoms with E-state index in [2.05, 4.69) is 9.47 Å². The summed E-state index contributed by atoms with van der Waals surface area (Å²) in [6.07, 6.45) is 0.768. The second kappa shape index (κ2) is 3.16. The summed E-state index contributed by atoms with van der Waals surface area (Å²) in [5.74, 6) is -1.99. The van der Waals surface area contributed by atoms with Gasteiger partial charge in [0.15, 0.2) is 5.41 Å². The normalized spacial score (nSPS) is 23.1. The smallest absolute Gasteiger partial charge is 0.323 e. The molecule has 5 nitrogen and oxygen atoms in total. The maximum atomic E-state index is 11.2. The second-order valence-electron chi connectivity index (χ2n) is 2.90. The van der Waals surface area contributed by atoms with E-state index in [4.69, 9.17) is 0 Å². The minimum atomic E-state index is -1.36. The zero-order chi connectivity index (χ0) is 10.1. The van der Waals surface area contributed by atoms with E-state index < -0.39 is 23.3 Å². The molecule has 0 aromatic carbocycles. The third-order valence-corrected chi connectivity index (χ3v) is 2.28. The highest BCUT2D eigenvalue weighted by Gasteiger charge is 2.68. The summed E-state index contributed by atoms with van der Waals surface area (Å²) < 4.78 is 8.87. The topological polar surface area (TPSA) is 69.7 Å². The first kappa shape index (κ1) is 9.70. The lowest BCUT2D eigenvalue weighted by molar-refractivity contribution is -0.162. The van der Waals surface area contributed by atoms with Crippen molar-refractivity contribution in [2.24, 2.45) is 11.3 Å². The van der Waals surface area contributed by atoms with Crippen molar-refractivity contribution >= 4 is 18.2 Å². The van der Waals surface area contributed by atoms with Crippen molar-refractivity contribution < 1.29 is 23.9 Å². The Bertz CT molecular complexity index is 241. The van der Waals surface area contributed by atoms with Crippen LogP contribution >= 0.6 is 0 Å². The molecule has 1 rings (SSSR count). The van der Waals surface area contributed by atoms with Crippen LogP contribution in [0.2, 0.25) is 0 Å². The zero-order valence-electron chi connectivity index (χ0n) is 7.40. The van der Waals surface area contributed by atoms with Gasteiger partial charge in [0.1, 0.15) is 6.29 Å². The number of hydrogen-bond acceptors (Lipinski definition) is 5. The van der Waals surface area contributed by atoms with Gasteiger partial charge >= 0.3 is 11.9 Å². The predicted octanol–water partition coefficient (Wildman–Crippen LogP) is -0.462. The molecule has 5 heteroatoms. The fourth-order valence-corrected chi connectivity index (χ4v) is 1.37. The molecule has 72 valence electrons. The van der Waals surface area contributed by atoms with Crippen LogP contribution in [0.1, 0.15) is 6.42 Å². The van der Waals surface area contributed by atoms with E-state index in [9.17, 15) is 14.4 Å². The molecule has 1 atom stereocenters. The minimum Gasteiger partial charge on any atom is -0.468 e. The summed E-state index contributed by atoms with van der Waals surface area (Å²) >= 11 is 0. The van der Waals surface area contributed by atoms with Crippen LogP contribution in [0.5, 0.6) is 0 Å². The number of carbonyl (C=O) groups is 3. The van der Waals surface area contributed by atoms with Crippen molar-refractivity contribution in [3.8, 4) is 0 Å². The van der Waals surface area contributed by atoms with Crippen LogP contribution < -0.4 is 0 Å². The van der Waals surface area contributed by atoms with Crippen LogP contribution in [0, 0.1) is 11.3 Å². The Labute approximate surface area is 75.0 Å². The fraction of sp³-hybridized carbons (Fsp3) is 0.625. The SMILES string of the molecule is COC(=O)C1(C(=O)OC)C[C@H]1C=O. The molecule has 0 aromatic heterocycles. The Morgan fingerprint density at radius 1 is 1.31 bits per heavy atom. The van der Waals surface area contributed by atoms with E-state index in [1.807, 2.05) is 0 Å². The van der Waals surface area contributed by atoms with E-state index in [-0.39, 0.29) is 6.42 Å². The molecule has 1 saturated carbocycles. The summed E-state index contributed by atoms with van der Waals surface area (Å²) in [7, 11) is 2.35. The van der Waals surface area contributed by atoms with Crippen molar-refractivity contribution in [2.45, 2.75) is 6.42 Å². The van der Waals surface area contributed by atoms with E-state index in [1.54, 1.807) is 0 Å². The lowest BCUT2D eigenvalue weighted by atomic mass is 10.1. The van der Waals surface area contributed by atoms with Gasteiger partial charge in [-0.3, -0.25) is 9.59 Å². The standard InChI is InChI=1S/C8H10O5/c1-12-6(10)8(7(11)13-2)3-5(8)4-9/h4-5H,3H2,1-2H3/t5-/m0/s1. The molecule has 1 fully saturated rings. The van der Waals surface area contributed by atoms with Crippen LogP contribution in [0.25, 0.3) is 0 Å². The van der Waals surface area contributed by atoms with E-state index in [0.29, 0.717) is 6.29 Å². The molecule has 0 N–H and O–H groups in total. The van der Waals surface area contributed by atoms with Gasteiger partial charge in [-0.1, -0.05) is 0 Å². The lowest BCUT2D eigenvalue weighted by Crippen LogP contribution is -2.30. The lowest BCUT2D eigenvalue weighted by Gasteiger charge is -2.09. The van der Waals surface area contributed by atoms with Gasteiger partial charge in [-0.05, 0) is 6.42 Å². The average Bonchev–Trinajstić information content (AvgIpc) is 2.91. The molecule has 0 amide bonds. The van der Waals surface area contributed by atoms with Crippen LogP contribution in [0.15, 0.2) is 0 Å². The molecular weight excluding hydrogens is 176 g/mol. The van der Waals surface area contributed by atoms with Gasteiger partial charge in [0.05, 0.1) is 14.2 Å². The molecule has 0 saturated heterocycles. The number of methoxy groups -OCH3 is 2. The van der Waals surface area contributed by atoms with Crippen LogP contribution in [0.4, 0.5) is 0 Å². The Morgan fingerprint density at radius 3 is 2.00 bits per heavy atom. The first-order valence-electron chi connectivity index (χ1n) is 3.75. The molecule has 0 radical (unpaired) electrons. The van der Waals surface area contributed by atoms with Gasteiger partial charge in [-0.15, -0.1) is 0 Å². The Morgan fingerprint density at radius 2 is 1.77 bits per heavy atom. The van der Waals surface area contributed by atoms with E-state index in [0.717, 1.165) is 0 Å². The number of rotatable bonds is 3. The van der Waals surface area contributed by atoms with Crippen molar-refractivity contribution in [2.75, 3.05) is 14.2 Å². The molecule has 0 unspecified atom stereocenters. The highest BCUT2D eigenvalue weighted by atomic mass is 16.5. The second-order valence-corrected chi connectivity index (χ2v) is 2.90. The minimum absolute atomic E-state index is 0.190. The first-order chi connectivity index (χ1) is 6.13. The molecule has 0 heterocycles. The van der Waals surface area contributed by atoms with Gasteiger partial charge in [0, 0.05) is 5.92 Å². The number of esters is 2. The summed E-state index contributed by atoms with van der Waals surface area (Å²) in [4.78, 5) is 32.8. The van der Waals surface area contributed by atoms with Gasteiger partial charge in [-0.25, -0.2) is 0 Å². The zero-order valence-corrected chi connectivity index (χ0v) is 7.40. The largest absolute Gasteiger partial charge is 0.468 e. The molecule has 0 bridgehead atoms. The summed E-state index contributed by atoms with van der Waals surface area (Å²) in [5, 5.41) is 0. The number of ether oxygens (including phenoxy) is 2. The van der Waals surface area contributed by atoms with Crippen molar-refractivity contribution in [1.29, 1.82) is 0 Å². The molecule has 1 aliphatic carbocycles. The highest BCUT2D eigenvalue weighted by Crippen LogP contribution is 2.53. The fourth-order valence-electron chi connectivity index (χ4n) is 1.37. The molecule has 0 aliphatic heterocycles. The summed E-state index contributed by atoms with van der Waals surface area (Å²) in [6, 6.07) is 0. The third kappa shape index (κ3) is 1.20. The molecule has 1 aliphatic rings. The number of aldehydes is 1. The molecule has 0 aromatic rings. The quantitative estimate of drug-likeness (QED) is 0.339. The maximum Gasteiger partial charge on any atom is 0.323 e. The summed E-state index contributed by atoms with van der Waals surface area (Å²) in [6.45, 7) is 0. The summed E-state index contributed by atoms with van der Waals surface area (Å²) in [5.41, 5.74) is -1.36. The molecule has 0 spiro atoms. The Hall–Kier alpha value is -1.39. The average molecular weight is 186 g/mol. The monoisotopic (exact) mass is 186 g/mol. The van der Waals surface area contributed by atoms with E-state index >= 15 is 0 Å². The Balaban J connectivity index is 2.86. The van der Waals surface area contributed by atoms with Gasteiger partial charge in [0.25, 0.3) is 0 Å². The predicted molar refractivity (Wildman–Crippen MR) is 40.6 cm³/mol. The molecule has 13 heavy (non-hydrogen) atoms. The van der Waals surface area contributed by atoms with Crippen LogP contribution in [0.3, 0.4) is 0 Å². The van der Waals surface area contributed by atoms with Gasteiger partial charge in [-0.2, -0.15) is 0 Å². The molecular formula is C8H10O5. The van der Waals surface area contributed by atoms with Crippen LogP contribution in [-0.2, 0) is 23.9 Å². The third-order valence-electron chi connectivity index (χ3n) is 2.28. The van der Waals surface area contributed by atoms with Crippen LogP contribution in [-0.4, -0.2) is 32.4 Å². The van der Waals surface area contributed by atoms with Crippen molar-refractivity contribution in [1.82, 2.24) is 0 Å². The first-order valence-corrected chi connectivity index (χ1v) is 3.75. The van der Waals surface area contributed by atoms with Gasteiger partial charge in [0.2, 0.25) is 0 Å². The van der Waals surface area contributed by atoms with Gasteiger partial charge < -0.3 is 14.3 Å². The highest BCUT2D eigenvalue weighted by molar-refractivity contribution is 6.07. The number of hydrogen-bond donors (Lipinski definition) is 0.